The SMILES string of the molecule is C=C[Si]1(C)O[Si](C)(C=C)O[Si](C)(C=C)O[Si](C)(C=C)O1.C=C[Si]1(CCC)O[Si](C=C)(C(C)C)O[Si](C=C)(C(C)C)O1.C=C[Si]1(CCC)O[Si](C=C)(CCC)O[Si](C=C)(C(C)C)O[Si](C=C)(C(C)C)O1. The zero-order chi connectivity index (χ0) is 53.6. The average molecular weight is 1140 g/mol. The first kappa shape index (κ1) is 66.1. The van der Waals surface area contributed by atoms with E-state index < -0.39 is 94.2 Å². The Morgan fingerprint density at radius 1 is 0.275 bits per heavy atom. The molecule has 6 unspecified atom stereocenters. The smallest absolute Gasteiger partial charge is 0.349 e. The highest BCUT2D eigenvalue weighted by molar-refractivity contribution is 7.01. The van der Waals surface area contributed by atoms with Crippen molar-refractivity contribution in [3.05, 3.63) is 135 Å². The molecule has 0 saturated carbocycles. The summed E-state index contributed by atoms with van der Waals surface area (Å²) in [5, 5.41) is 0. The van der Waals surface area contributed by atoms with Gasteiger partial charge in [0.15, 0.2) is 0 Å². The minimum absolute atomic E-state index is 0.163. The molecule has 3 saturated heterocycles. The molecule has 6 atom stereocenters. The van der Waals surface area contributed by atoms with Crippen LogP contribution in [0.25, 0.3) is 0 Å². The maximum absolute atomic E-state index is 6.99. The average Bonchev–Trinajstić information content (AvgIpc) is 3.29. The molecular formula is C47H94O11Si11. The fourth-order valence-corrected chi connectivity index (χ4v) is 63.9. The summed E-state index contributed by atoms with van der Waals surface area (Å²) in [7, 11) is -29.2. The Balaban J connectivity index is 0.000000527. The van der Waals surface area contributed by atoms with Gasteiger partial charge >= 0.3 is 94.2 Å². The zero-order valence-corrected chi connectivity index (χ0v) is 56.7. The van der Waals surface area contributed by atoms with Gasteiger partial charge in [-0.15, -0.1) is 72.4 Å². The second kappa shape index (κ2) is 26.5. The van der Waals surface area contributed by atoms with Crippen molar-refractivity contribution in [2.24, 2.45) is 0 Å². The zero-order valence-electron chi connectivity index (χ0n) is 45.7. The highest BCUT2D eigenvalue weighted by atomic mass is 28.5. The van der Waals surface area contributed by atoms with E-state index in [1.54, 1.807) is 22.8 Å². The van der Waals surface area contributed by atoms with Gasteiger partial charge in [-0.2, -0.15) is 0 Å². The van der Waals surface area contributed by atoms with Crippen molar-refractivity contribution >= 4 is 94.2 Å². The first-order valence-corrected chi connectivity index (χ1v) is 48.4. The number of hydrogen-bond acceptors (Lipinski definition) is 11. The van der Waals surface area contributed by atoms with Crippen LogP contribution in [0.5, 0.6) is 0 Å². The molecule has 3 fully saturated rings. The Morgan fingerprint density at radius 2 is 0.464 bits per heavy atom. The molecule has 3 heterocycles. The molecule has 11 nitrogen and oxygen atoms in total. The minimum Gasteiger partial charge on any atom is -0.410 e. The van der Waals surface area contributed by atoms with Crippen LogP contribution in [0.2, 0.25) is 66.5 Å². The van der Waals surface area contributed by atoms with E-state index in [0.717, 1.165) is 37.4 Å². The van der Waals surface area contributed by atoms with Gasteiger partial charge in [0, 0.05) is 0 Å². The van der Waals surface area contributed by atoms with E-state index in [9.17, 15) is 0 Å². The van der Waals surface area contributed by atoms with Gasteiger partial charge in [0.1, 0.15) is 0 Å². The second-order valence-corrected chi connectivity index (χ2v) is 58.0. The van der Waals surface area contributed by atoms with Gasteiger partial charge in [0.05, 0.1) is 0 Å². The Morgan fingerprint density at radius 3 is 0.594 bits per heavy atom. The molecule has 3 rings (SSSR count). The topological polar surface area (TPSA) is 102 Å². The van der Waals surface area contributed by atoms with Crippen LogP contribution in [0.4, 0.5) is 0 Å². The van der Waals surface area contributed by atoms with Gasteiger partial charge in [-0.3, -0.25) is 0 Å². The summed E-state index contributed by atoms with van der Waals surface area (Å²) in [4.78, 5) is 0. The van der Waals surface area contributed by atoms with Crippen molar-refractivity contribution in [1.29, 1.82) is 0 Å². The molecule has 0 aromatic heterocycles. The fourth-order valence-electron chi connectivity index (χ4n) is 8.17. The molecule has 0 bridgehead atoms. The van der Waals surface area contributed by atoms with E-state index in [1.165, 1.54) is 0 Å². The Labute approximate surface area is 433 Å². The maximum atomic E-state index is 6.99. The van der Waals surface area contributed by atoms with Crippen molar-refractivity contribution < 1.29 is 45.3 Å². The van der Waals surface area contributed by atoms with E-state index in [2.05, 4.69) is 149 Å². The summed E-state index contributed by atoms with van der Waals surface area (Å²) >= 11 is 0. The lowest BCUT2D eigenvalue weighted by Gasteiger charge is -2.53. The van der Waals surface area contributed by atoms with Gasteiger partial charge in [0.25, 0.3) is 0 Å². The van der Waals surface area contributed by atoms with Crippen LogP contribution in [0.15, 0.2) is 135 Å². The third kappa shape index (κ3) is 15.8. The Hall–Kier alpha value is -0.914. The third-order valence-corrected chi connectivity index (χ3v) is 61.1. The van der Waals surface area contributed by atoms with Crippen LogP contribution in [0.1, 0.15) is 95.4 Å². The van der Waals surface area contributed by atoms with E-state index in [-0.39, 0.29) is 22.2 Å². The van der Waals surface area contributed by atoms with Crippen LogP contribution in [0.3, 0.4) is 0 Å². The standard InChI is InChI=1S/C20H40O4Si4.C15H30O3Si3.C12H24O4Si4/c1-11-17-25(13-3)21-26(14-4,18-12-2)23-28(16-6,20(9)10)24-27(15-5,22-25)19(7)8;1-9-13-19(10-2)16-20(11-3,14(5)6)18-21(12-4,17-19)15(7)8;1-9-17(5)13-18(6,10-2)15-20(8,12-4)16-19(7,11-3)14-17/h13-16,19-20H,3-6,11-12,17-18H2,1-2,7-10H3;10-12,14-15H,2-4,9,13H2,1,5-8H3;9-12H,1-4H2,5-8H3. The number of hydrogen-bond donors (Lipinski definition) is 0. The predicted molar refractivity (Wildman–Crippen MR) is 317 cm³/mol. The van der Waals surface area contributed by atoms with Crippen molar-refractivity contribution in [3.8, 4) is 0 Å². The van der Waals surface area contributed by atoms with Crippen molar-refractivity contribution in [1.82, 2.24) is 0 Å². The third-order valence-electron chi connectivity index (χ3n) is 12.5. The minimum atomic E-state index is -2.84. The number of rotatable bonds is 21. The summed E-state index contributed by atoms with van der Waals surface area (Å²) in [5.41, 5.74) is 21.3. The molecule has 0 amide bonds. The molecule has 0 spiro atoms. The summed E-state index contributed by atoms with van der Waals surface area (Å²) in [6.45, 7) is 75.3. The van der Waals surface area contributed by atoms with Gasteiger partial charge in [-0.05, 0) is 66.5 Å². The molecule has 0 aromatic carbocycles. The van der Waals surface area contributed by atoms with Gasteiger partial charge < -0.3 is 45.3 Å². The molecule has 3 aliphatic heterocycles. The van der Waals surface area contributed by atoms with Crippen molar-refractivity contribution in [3.63, 3.8) is 0 Å². The normalized spacial score (nSPS) is 39.3. The Kier molecular flexibility index (Phi) is 25.4. The first-order valence-electron chi connectivity index (χ1n) is 24.6. The quantitative estimate of drug-likeness (QED) is 0.103. The monoisotopic (exact) mass is 1140 g/mol. The molecule has 0 aliphatic carbocycles. The van der Waals surface area contributed by atoms with Crippen LogP contribution < -0.4 is 0 Å². The maximum Gasteiger partial charge on any atom is 0.349 e. The van der Waals surface area contributed by atoms with E-state index in [4.69, 9.17) is 45.3 Å². The van der Waals surface area contributed by atoms with Crippen LogP contribution in [-0.2, 0) is 45.3 Å². The molecule has 392 valence electrons. The Bertz CT molecular complexity index is 1670. The van der Waals surface area contributed by atoms with Crippen LogP contribution >= 0.6 is 0 Å². The lowest BCUT2D eigenvalue weighted by molar-refractivity contribution is 0.221. The summed E-state index contributed by atoms with van der Waals surface area (Å²) in [5.74, 6) is 0. The van der Waals surface area contributed by atoms with E-state index in [1.807, 2.05) is 66.1 Å². The molecule has 0 N–H and O–H groups in total. The highest BCUT2D eigenvalue weighted by Crippen LogP contribution is 2.46. The summed E-state index contributed by atoms with van der Waals surface area (Å²) < 4.78 is 72.6. The van der Waals surface area contributed by atoms with Gasteiger partial charge in [-0.25, -0.2) is 0 Å². The first-order chi connectivity index (χ1) is 31.9. The molecule has 69 heavy (non-hydrogen) atoms. The largest absolute Gasteiger partial charge is 0.410 e. The molecule has 0 radical (unpaired) electrons. The van der Waals surface area contributed by atoms with Gasteiger partial charge in [-0.1, -0.05) is 158 Å². The molecule has 22 heteroatoms. The van der Waals surface area contributed by atoms with Crippen LogP contribution in [0, 0.1) is 0 Å². The van der Waals surface area contributed by atoms with Crippen LogP contribution in [-0.4, -0.2) is 94.2 Å². The highest BCUT2D eigenvalue weighted by Gasteiger charge is 2.63. The predicted octanol–water partition coefficient (Wildman–Crippen LogP) is 14.4. The molecule has 3 aliphatic rings. The van der Waals surface area contributed by atoms with E-state index >= 15 is 0 Å². The lowest BCUT2D eigenvalue weighted by atomic mass is 10.6. The van der Waals surface area contributed by atoms with Crippen molar-refractivity contribution in [2.45, 2.75) is 162 Å². The fraction of sp³-hybridized carbons (Fsp3) is 0.532. The van der Waals surface area contributed by atoms with Crippen molar-refractivity contribution in [2.75, 3.05) is 0 Å². The lowest BCUT2D eigenvalue weighted by Crippen LogP contribution is -2.70. The van der Waals surface area contributed by atoms with E-state index in [0.29, 0.717) is 0 Å². The summed E-state index contributed by atoms with van der Waals surface area (Å²) in [6, 6.07) is 2.54. The molecular weight excluding hydrogens is 1050 g/mol. The molecule has 0 aromatic rings. The summed E-state index contributed by atoms with van der Waals surface area (Å²) in [6.07, 6.45) is 2.90. The second-order valence-electron chi connectivity index (χ2n) is 19.6. The van der Waals surface area contributed by atoms with Gasteiger partial charge in [0.2, 0.25) is 0 Å².